The van der Waals surface area contributed by atoms with Crippen LogP contribution in [0, 0.1) is 5.82 Å². The van der Waals surface area contributed by atoms with Crippen LogP contribution in [0.1, 0.15) is 18.2 Å². The van der Waals surface area contributed by atoms with Gasteiger partial charge in [-0.05, 0) is 24.6 Å². The van der Waals surface area contributed by atoms with Crippen molar-refractivity contribution in [2.45, 2.75) is 18.9 Å². The first-order valence-corrected chi connectivity index (χ1v) is 6.38. The third-order valence-electron chi connectivity index (χ3n) is 3.09. The molecule has 6 heteroatoms. The molecule has 5 nitrogen and oxygen atoms in total. The molecule has 0 spiro atoms. The number of nitrogens with zero attached hydrogens (tertiary/aromatic N) is 2. The van der Waals surface area contributed by atoms with Gasteiger partial charge in [0.15, 0.2) is 0 Å². The van der Waals surface area contributed by atoms with Gasteiger partial charge in [0.2, 0.25) is 11.8 Å². The average Bonchev–Trinajstić information content (AvgIpc) is 2.48. The third-order valence-corrected chi connectivity index (χ3v) is 3.09. The summed E-state index contributed by atoms with van der Waals surface area (Å²) >= 11 is 0. The smallest absolute Gasteiger partial charge is 0.241 e. The third kappa shape index (κ3) is 3.46. The van der Waals surface area contributed by atoms with E-state index in [2.05, 4.69) is 9.97 Å². The van der Waals surface area contributed by atoms with Crippen molar-refractivity contribution in [1.29, 1.82) is 0 Å². The van der Waals surface area contributed by atoms with Gasteiger partial charge in [-0.2, -0.15) is 4.98 Å². The van der Waals surface area contributed by atoms with Crippen LogP contribution in [0.4, 0.5) is 4.39 Å². The second kappa shape index (κ2) is 6.05. The Morgan fingerprint density at radius 1 is 1.19 bits per heavy atom. The highest BCUT2D eigenvalue weighted by Crippen LogP contribution is 2.30. The van der Waals surface area contributed by atoms with Gasteiger partial charge in [-0.25, -0.2) is 9.37 Å². The second-order valence-electron chi connectivity index (χ2n) is 4.85. The molecule has 1 aromatic carbocycles. The van der Waals surface area contributed by atoms with Crippen molar-refractivity contribution in [2.24, 2.45) is 0 Å². The maximum Gasteiger partial charge on any atom is 0.241 e. The highest BCUT2D eigenvalue weighted by molar-refractivity contribution is 5.30. The Morgan fingerprint density at radius 2 is 1.86 bits per heavy atom. The lowest BCUT2D eigenvalue weighted by Gasteiger charge is -2.24. The van der Waals surface area contributed by atoms with Crippen molar-refractivity contribution in [2.75, 3.05) is 14.2 Å². The zero-order valence-electron chi connectivity index (χ0n) is 12.1. The SMILES string of the molecule is COc1cnc(C(C)(O)Cc2ccc(F)cc2)c(OC)n1. The molecule has 21 heavy (non-hydrogen) atoms. The summed E-state index contributed by atoms with van der Waals surface area (Å²) < 4.78 is 23.1. The number of methoxy groups -OCH3 is 2. The van der Waals surface area contributed by atoms with Gasteiger partial charge in [-0.3, -0.25) is 0 Å². The topological polar surface area (TPSA) is 64.5 Å². The van der Waals surface area contributed by atoms with Crippen LogP contribution in [0.3, 0.4) is 0 Å². The fourth-order valence-electron chi connectivity index (χ4n) is 2.05. The van der Waals surface area contributed by atoms with E-state index in [-0.39, 0.29) is 18.1 Å². The highest BCUT2D eigenvalue weighted by atomic mass is 19.1. The van der Waals surface area contributed by atoms with E-state index < -0.39 is 5.60 Å². The first kappa shape index (κ1) is 15.2. The lowest BCUT2D eigenvalue weighted by molar-refractivity contribution is 0.0491. The molecule has 0 aliphatic carbocycles. The van der Waals surface area contributed by atoms with E-state index in [1.165, 1.54) is 32.5 Å². The molecule has 0 amide bonds. The maximum atomic E-state index is 12.9. The number of aliphatic hydroxyl groups is 1. The molecule has 2 aromatic rings. The molecule has 1 atom stereocenters. The number of ether oxygens (including phenoxy) is 2. The normalized spacial score (nSPS) is 13.6. The largest absolute Gasteiger partial charge is 0.480 e. The van der Waals surface area contributed by atoms with Gasteiger partial charge in [-0.1, -0.05) is 12.1 Å². The quantitative estimate of drug-likeness (QED) is 0.914. The Morgan fingerprint density at radius 3 is 2.43 bits per heavy atom. The van der Waals surface area contributed by atoms with E-state index in [0.717, 1.165) is 5.56 Å². The zero-order valence-corrected chi connectivity index (χ0v) is 12.1. The van der Waals surface area contributed by atoms with Crippen molar-refractivity contribution in [3.63, 3.8) is 0 Å². The van der Waals surface area contributed by atoms with E-state index >= 15 is 0 Å². The van der Waals surface area contributed by atoms with Crippen LogP contribution in [-0.2, 0) is 12.0 Å². The average molecular weight is 292 g/mol. The highest BCUT2D eigenvalue weighted by Gasteiger charge is 2.30. The Hall–Kier alpha value is -2.21. The van der Waals surface area contributed by atoms with E-state index in [1.807, 2.05) is 0 Å². The number of rotatable bonds is 5. The summed E-state index contributed by atoms with van der Waals surface area (Å²) in [5.74, 6) is 0.176. The summed E-state index contributed by atoms with van der Waals surface area (Å²) in [4.78, 5) is 8.27. The van der Waals surface area contributed by atoms with Crippen molar-refractivity contribution < 1.29 is 19.0 Å². The summed E-state index contributed by atoms with van der Waals surface area (Å²) in [5.41, 5.74) is -0.223. The van der Waals surface area contributed by atoms with Gasteiger partial charge in [0.25, 0.3) is 0 Å². The Kier molecular flexibility index (Phi) is 4.37. The molecule has 0 saturated heterocycles. The van der Waals surface area contributed by atoms with Crippen LogP contribution in [0.15, 0.2) is 30.5 Å². The predicted octanol–water partition coefficient (Wildman–Crippen LogP) is 2.08. The first-order chi connectivity index (χ1) is 9.96. The van der Waals surface area contributed by atoms with Crippen molar-refractivity contribution in [1.82, 2.24) is 9.97 Å². The van der Waals surface area contributed by atoms with E-state index in [4.69, 9.17) is 9.47 Å². The first-order valence-electron chi connectivity index (χ1n) is 6.38. The minimum Gasteiger partial charge on any atom is -0.480 e. The number of aromatic nitrogens is 2. The molecule has 0 aliphatic rings. The van der Waals surface area contributed by atoms with E-state index in [9.17, 15) is 9.50 Å². The summed E-state index contributed by atoms with van der Waals surface area (Å²) in [5, 5.41) is 10.7. The molecule has 1 aromatic heterocycles. The Labute approximate surface area is 122 Å². The molecule has 1 unspecified atom stereocenters. The van der Waals surface area contributed by atoms with Crippen molar-refractivity contribution >= 4 is 0 Å². The van der Waals surface area contributed by atoms with Crippen LogP contribution >= 0.6 is 0 Å². The minimum atomic E-state index is -1.30. The molecule has 0 radical (unpaired) electrons. The van der Waals surface area contributed by atoms with E-state index in [1.54, 1.807) is 19.1 Å². The van der Waals surface area contributed by atoms with Gasteiger partial charge in [-0.15, -0.1) is 0 Å². The van der Waals surface area contributed by atoms with Gasteiger partial charge >= 0.3 is 0 Å². The molecule has 0 fully saturated rings. The van der Waals surface area contributed by atoms with Gasteiger partial charge in [0, 0.05) is 6.42 Å². The maximum absolute atomic E-state index is 12.9. The standard InChI is InChI=1S/C15H17FN2O3/c1-15(19,8-10-4-6-11(16)7-5-10)13-14(21-3)18-12(20-2)9-17-13/h4-7,9,19H,8H2,1-3H3. The summed E-state index contributed by atoms with van der Waals surface area (Å²) in [6, 6.07) is 5.94. The lowest BCUT2D eigenvalue weighted by atomic mass is 9.93. The molecule has 1 heterocycles. The molecular weight excluding hydrogens is 275 g/mol. The molecule has 2 rings (SSSR count). The van der Waals surface area contributed by atoms with Crippen molar-refractivity contribution in [3.05, 3.63) is 47.5 Å². The van der Waals surface area contributed by atoms with Gasteiger partial charge in [0.1, 0.15) is 17.1 Å². The van der Waals surface area contributed by atoms with Crippen LogP contribution in [0.2, 0.25) is 0 Å². The number of hydrogen-bond donors (Lipinski definition) is 1. The fourth-order valence-corrected chi connectivity index (χ4v) is 2.05. The molecular formula is C15H17FN2O3. The molecule has 0 bridgehead atoms. The Bertz CT molecular complexity index is 615. The second-order valence-corrected chi connectivity index (χ2v) is 4.85. The van der Waals surface area contributed by atoms with Crippen LogP contribution in [0.5, 0.6) is 11.8 Å². The predicted molar refractivity (Wildman–Crippen MR) is 74.8 cm³/mol. The van der Waals surface area contributed by atoms with Crippen molar-refractivity contribution in [3.8, 4) is 11.8 Å². The lowest BCUT2D eigenvalue weighted by Crippen LogP contribution is -2.27. The van der Waals surface area contributed by atoms with Gasteiger partial charge < -0.3 is 14.6 Å². The zero-order chi connectivity index (χ0) is 15.5. The monoisotopic (exact) mass is 292 g/mol. The Balaban J connectivity index is 2.32. The van der Waals surface area contributed by atoms with E-state index in [0.29, 0.717) is 11.6 Å². The van der Waals surface area contributed by atoms with Gasteiger partial charge in [0.05, 0.1) is 20.4 Å². The van der Waals surface area contributed by atoms with Crippen LogP contribution < -0.4 is 9.47 Å². The molecule has 1 N–H and O–H groups in total. The molecule has 0 aliphatic heterocycles. The molecule has 0 saturated carbocycles. The van der Waals surface area contributed by atoms with Crippen LogP contribution in [0.25, 0.3) is 0 Å². The summed E-state index contributed by atoms with van der Waals surface area (Å²) in [7, 11) is 2.92. The number of halogens is 1. The van der Waals surface area contributed by atoms with Crippen LogP contribution in [-0.4, -0.2) is 29.3 Å². The number of hydrogen-bond acceptors (Lipinski definition) is 5. The number of benzene rings is 1. The summed E-state index contributed by atoms with van der Waals surface area (Å²) in [6.45, 7) is 1.61. The summed E-state index contributed by atoms with van der Waals surface area (Å²) in [6.07, 6.45) is 1.67. The molecule has 112 valence electrons. The minimum absolute atomic E-state index is 0.196. The fraction of sp³-hybridized carbons (Fsp3) is 0.333.